The van der Waals surface area contributed by atoms with E-state index < -0.39 is 23.6 Å². The average molecular weight is 287 g/mol. The van der Waals surface area contributed by atoms with Gasteiger partial charge in [-0.05, 0) is 24.3 Å². The number of nitrogens with two attached hydrogens (primary N) is 1. The molecular formula is C13H12F3NO3. The van der Waals surface area contributed by atoms with Gasteiger partial charge in [-0.2, -0.15) is 13.2 Å². The van der Waals surface area contributed by atoms with Crippen molar-refractivity contribution in [3.63, 3.8) is 0 Å². The first-order valence-corrected chi connectivity index (χ1v) is 5.84. The highest BCUT2D eigenvalue weighted by atomic mass is 19.4. The van der Waals surface area contributed by atoms with Crippen molar-refractivity contribution in [1.82, 2.24) is 0 Å². The summed E-state index contributed by atoms with van der Waals surface area (Å²) in [5, 5.41) is 9.03. The maximum atomic E-state index is 12.6. The van der Waals surface area contributed by atoms with Gasteiger partial charge < -0.3 is 15.3 Å². The van der Waals surface area contributed by atoms with E-state index >= 15 is 0 Å². The molecule has 0 fully saturated rings. The number of halogens is 3. The second-order valence-electron chi connectivity index (χ2n) is 4.43. The lowest BCUT2D eigenvalue weighted by Crippen LogP contribution is -2.15. The molecule has 1 aromatic carbocycles. The van der Waals surface area contributed by atoms with Crippen molar-refractivity contribution in [2.24, 2.45) is 5.73 Å². The SMILES string of the molecule is NCC(CC(=O)O)c1cc2cc(C(F)(F)F)ccc2o1. The summed E-state index contributed by atoms with van der Waals surface area (Å²) >= 11 is 0. The largest absolute Gasteiger partial charge is 0.481 e. The van der Waals surface area contributed by atoms with Crippen LogP contribution in [0, 0.1) is 0 Å². The number of furan rings is 1. The topological polar surface area (TPSA) is 76.5 Å². The van der Waals surface area contributed by atoms with Crippen LogP contribution in [0.5, 0.6) is 0 Å². The lowest BCUT2D eigenvalue weighted by atomic mass is 10.0. The van der Waals surface area contributed by atoms with Crippen LogP contribution in [-0.4, -0.2) is 17.6 Å². The average Bonchev–Trinajstić information content (AvgIpc) is 2.76. The van der Waals surface area contributed by atoms with Crippen molar-refractivity contribution in [3.8, 4) is 0 Å². The molecule has 0 spiro atoms. The summed E-state index contributed by atoms with van der Waals surface area (Å²) < 4.78 is 43.2. The summed E-state index contributed by atoms with van der Waals surface area (Å²) in [6.45, 7) is 0.0399. The lowest BCUT2D eigenvalue weighted by molar-refractivity contribution is -0.138. The first-order valence-electron chi connectivity index (χ1n) is 5.84. The van der Waals surface area contributed by atoms with Crippen LogP contribution in [0.15, 0.2) is 28.7 Å². The van der Waals surface area contributed by atoms with E-state index in [2.05, 4.69) is 0 Å². The van der Waals surface area contributed by atoms with Crippen LogP contribution in [0.1, 0.15) is 23.7 Å². The Bertz CT molecular complexity index is 633. The zero-order valence-electron chi connectivity index (χ0n) is 10.3. The lowest BCUT2D eigenvalue weighted by Gasteiger charge is -2.07. The van der Waals surface area contributed by atoms with Gasteiger partial charge in [-0.15, -0.1) is 0 Å². The zero-order chi connectivity index (χ0) is 14.9. The Hall–Kier alpha value is -2.02. The van der Waals surface area contributed by atoms with Crippen molar-refractivity contribution in [3.05, 3.63) is 35.6 Å². The molecule has 108 valence electrons. The minimum atomic E-state index is -4.43. The highest BCUT2D eigenvalue weighted by molar-refractivity contribution is 5.79. The molecule has 0 saturated heterocycles. The molecule has 1 heterocycles. The third-order valence-electron chi connectivity index (χ3n) is 2.97. The van der Waals surface area contributed by atoms with E-state index in [1.165, 1.54) is 12.1 Å². The van der Waals surface area contributed by atoms with Gasteiger partial charge in [0.15, 0.2) is 0 Å². The quantitative estimate of drug-likeness (QED) is 0.906. The molecule has 0 bridgehead atoms. The summed E-state index contributed by atoms with van der Waals surface area (Å²) in [5.41, 5.74) is 4.97. The molecule has 0 aliphatic carbocycles. The minimum Gasteiger partial charge on any atom is -0.481 e. The standard InChI is InChI=1S/C13H12F3NO3/c14-13(15,16)9-1-2-10-7(3-9)4-11(20-10)8(6-17)5-12(18)19/h1-4,8H,5-6,17H2,(H,18,19). The van der Waals surface area contributed by atoms with Gasteiger partial charge in [0, 0.05) is 17.8 Å². The maximum absolute atomic E-state index is 12.6. The molecule has 0 aliphatic rings. The summed E-state index contributed by atoms with van der Waals surface area (Å²) in [4.78, 5) is 10.7. The minimum absolute atomic E-state index is 0.0399. The van der Waals surface area contributed by atoms with Gasteiger partial charge in [0.05, 0.1) is 12.0 Å². The Morgan fingerprint density at radius 1 is 1.35 bits per heavy atom. The first kappa shape index (κ1) is 14.4. The van der Waals surface area contributed by atoms with E-state index in [0.717, 1.165) is 12.1 Å². The predicted molar refractivity (Wildman–Crippen MR) is 65.3 cm³/mol. The van der Waals surface area contributed by atoms with E-state index in [-0.39, 0.29) is 29.7 Å². The normalized spacial score (nSPS) is 13.6. The number of carboxylic acids is 1. The van der Waals surface area contributed by atoms with Gasteiger partial charge in [-0.1, -0.05) is 0 Å². The highest BCUT2D eigenvalue weighted by Crippen LogP contribution is 2.33. The van der Waals surface area contributed by atoms with E-state index in [0.29, 0.717) is 0 Å². The Morgan fingerprint density at radius 2 is 2.05 bits per heavy atom. The van der Waals surface area contributed by atoms with Crippen molar-refractivity contribution in [1.29, 1.82) is 0 Å². The Balaban J connectivity index is 2.40. The van der Waals surface area contributed by atoms with Crippen LogP contribution in [0.25, 0.3) is 11.0 Å². The Labute approximate surface area is 112 Å². The molecule has 3 N–H and O–H groups in total. The molecule has 1 atom stereocenters. The third kappa shape index (κ3) is 2.93. The fourth-order valence-electron chi connectivity index (χ4n) is 1.95. The van der Waals surface area contributed by atoms with E-state index in [1.54, 1.807) is 0 Å². The number of carboxylic acid groups (broad SMARTS) is 1. The van der Waals surface area contributed by atoms with Crippen LogP contribution in [0.4, 0.5) is 13.2 Å². The molecule has 2 rings (SSSR count). The molecule has 0 amide bonds. The molecule has 0 saturated carbocycles. The molecule has 1 aromatic heterocycles. The Kier molecular flexibility index (Phi) is 3.71. The molecule has 0 radical (unpaired) electrons. The van der Waals surface area contributed by atoms with Gasteiger partial charge in [-0.3, -0.25) is 4.79 Å². The number of alkyl halides is 3. The zero-order valence-corrected chi connectivity index (χ0v) is 10.3. The predicted octanol–water partition coefficient (Wildman–Crippen LogP) is 2.97. The fourth-order valence-corrected chi connectivity index (χ4v) is 1.95. The van der Waals surface area contributed by atoms with E-state index in [9.17, 15) is 18.0 Å². The van der Waals surface area contributed by atoms with Gasteiger partial charge in [0.1, 0.15) is 11.3 Å². The first-order chi connectivity index (χ1) is 9.31. The molecular weight excluding hydrogens is 275 g/mol. The molecule has 1 unspecified atom stereocenters. The van der Waals surface area contributed by atoms with Crippen molar-refractivity contribution in [2.75, 3.05) is 6.54 Å². The van der Waals surface area contributed by atoms with E-state index in [4.69, 9.17) is 15.3 Å². The van der Waals surface area contributed by atoms with Crippen LogP contribution in [-0.2, 0) is 11.0 Å². The van der Waals surface area contributed by atoms with Crippen molar-refractivity contribution < 1.29 is 27.5 Å². The van der Waals surface area contributed by atoms with Crippen LogP contribution in [0.2, 0.25) is 0 Å². The number of rotatable bonds is 4. The summed E-state index contributed by atoms with van der Waals surface area (Å²) in [6, 6.07) is 4.52. The monoisotopic (exact) mass is 287 g/mol. The number of carbonyl (C=O) groups is 1. The van der Waals surface area contributed by atoms with Gasteiger partial charge >= 0.3 is 12.1 Å². The number of aliphatic carboxylic acids is 1. The van der Waals surface area contributed by atoms with Crippen molar-refractivity contribution >= 4 is 16.9 Å². The fraction of sp³-hybridized carbons (Fsp3) is 0.308. The molecule has 7 heteroatoms. The molecule has 4 nitrogen and oxygen atoms in total. The second kappa shape index (κ2) is 5.16. The van der Waals surface area contributed by atoms with Gasteiger partial charge in [0.25, 0.3) is 0 Å². The summed E-state index contributed by atoms with van der Waals surface area (Å²) in [6.07, 6.45) is -4.66. The number of benzene rings is 1. The van der Waals surface area contributed by atoms with Gasteiger partial charge in [-0.25, -0.2) is 0 Å². The maximum Gasteiger partial charge on any atom is 0.416 e. The molecule has 2 aromatic rings. The summed E-state index contributed by atoms with van der Waals surface area (Å²) in [5.74, 6) is -1.32. The third-order valence-corrected chi connectivity index (χ3v) is 2.97. The van der Waals surface area contributed by atoms with E-state index in [1.807, 2.05) is 0 Å². The number of fused-ring (bicyclic) bond motifs is 1. The van der Waals surface area contributed by atoms with Crippen LogP contribution >= 0.6 is 0 Å². The Morgan fingerprint density at radius 3 is 2.60 bits per heavy atom. The number of hydrogen-bond acceptors (Lipinski definition) is 3. The smallest absolute Gasteiger partial charge is 0.416 e. The number of hydrogen-bond donors (Lipinski definition) is 2. The highest BCUT2D eigenvalue weighted by Gasteiger charge is 2.31. The van der Waals surface area contributed by atoms with Crippen LogP contribution in [0.3, 0.4) is 0 Å². The molecule has 20 heavy (non-hydrogen) atoms. The molecule has 0 aliphatic heterocycles. The van der Waals surface area contributed by atoms with Gasteiger partial charge in [0.2, 0.25) is 0 Å². The summed E-state index contributed by atoms with van der Waals surface area (Å²) in [7, 11) is 0. The van der Waals surface area contributed by atoms with Crippen molar-refractivity contribution in [2.45, 2.75) is 18.5 Å². The second-order valence-corrected chi connectivity index (χ2v) is 4.43. The van der Waals surface area contributed by atoms with Crippen LogP contribution < -0.4 is 5.73 Å².